The fourth-order valence-corrected chi connectivity index (χ4v) is 5.71. The highest BCUT2D eigenvalue weighted by atomic mass is 16.2. The Morgan fingerprint density at radius 1 is 0.943 bits per heavy atom. The van der Waals surface area contributed by atoms with E-state index in [0.717, 1.165) is 44.1 Å². The highest BCUT2D eigenvalue weighted by Gasteiger charge is 2.43. The van der Waals surface area contributed by atoms with Gasteiger partial charge in [0.25, 0.3) is 0 Å². The van der Waals surface area contributed by atoms with Crippen molar-refractivity contribution in [3.63, 3.8) is 0 Å². The monoisotopic (exact) mass is 481 g/mol. The fraction of sp³-hybridized carbons (Fsp3) is 0.700. The van der Waals surface area contributed by atoms with Gasteiger partial charge in [0.1, 0.15) is 0 Å². The summed E-state index contributed by atoms with van der Waals surface area (Å²) in [6.45, 7) is 12.7. The van der Waals surface area contributed by atoms with Gasteiger partial charge in [0.2, 0.25) is 11.8 Å². The van der Waals surface area contributed by atoms with Crippen LogP contribution in [0.2, 0.25) is 0 Å². The molecule has 1 saturated heterocycles. The standard InChI is InChI=1S/C30H48BNO3/c1-7-9-11-12-13-15-22(14-10-8-2)25-20-26(33)32(27(25)34)24-18-16-23(17-19-24)29(3,4)21-30(5,6)28(31)35/h16-19,22,25H,7-15,20-21,31H2,1-6H3. The van der Waals surface area contributed by atoms with Crippen molar-refractivity contribution >= 4 is 31.0 Å². The van der Waals surface area contributed by atoms with Crippen LogP contribution in [-0.4, -0.2) is 25.3 Å². The summed E-state index contributed by atoms with van der Waals surface area (Å²) < 4.78 is 0. The number of benzene rings is 1. The Hall–Kier alpha value is -1.91. The van der Waals surface area contributed by atoms with E-state index in [2.05, 4.69) is 27.7 Å². The lowest BCUT2D eigenvalue weighted by Gasteiger charge is -2.34. The van der Waals surface area contributed by atoms with Gasteiger partial charge < -0.3 is 4.79 Å². The van der Waals surface area contributed by atoms with Crippen molar-refractivity contribution in [3.8, 4) is 0 Å². The molecule has 0 aromatic heterocycles. The minimum Gasteiger partial charge on any atom is -0.311 e. The van der Waals surface area contributed by atoms with Crippen molar-refractivity contribution < 1.29 is 14.4 Å². The zero-order valence-electron chi connectivity index (χ0n) is 23.4. The second-order valence-electron chi connectivity index (χ2n) is 12.0. The predicted molar refractivity (Wildman–Crippen MR) is 148 cm³/mol. The summed E-state index contributed by atoms with van der Waals surface area (Å²) in [5.74, 6) is 0.0179. The number of carbonyl (C=O) groups is 3. The molecule has 4 nitrogen and oxygen atoms in total. The highest BCUT2D eigenvalue weighted by Crippen LogP contribution is 2.39. The average Bonchev–Trinajstić information content (AvgIpc) is 3.08. The number of imide groups is 1. The van der Waals surface area contributed by atoms with E-state index in [0.29, 0.717) is 18.0 Å². The third kappa shape index (κ3) is 7.79. The minimum absolute atomic E-state index is 0.0191. The number of unbranched alkanes of at least 4 members (excludes halogenated alkanes) is 5. The summed E-state index contributed by atoms with van der Waals surface area (Å²) in [7, 11) is 1.65. The van der Waals surface area contributed by atoms with E-state index in [9.17, 15) is 14.4 Å². The van der Waals surface area contributed by atoms with Gasteiger partial charge in [-0.05, 0) is 48.3 Å². The van der Waals surface area contributed by atoms with Gasteiger partial charge in [0, 0.05) is 11.8 Å². The van der Waals surface area contributed by atoms with Crippen LogP contribution in [0.4, 0.5) is 5.69 Å². The Balaban J connectivity index is 2.14. The zero-order chi connectivity index (χ0) is 26.2. The Morgan fingerprint density at radius 2 is 1.51 bits per heavy atom. The number of hydrogen-bond donors (Lipinski definition) is 0. The first kappa shape index (κ1) is 29.3. The maximum absolute atomic E-state index is 13.5. The Labute approximate surface area is 215 Å². The molecule has 0 bridgehead atoms. The number of amides is 2. The Bertz CT molecular complexity index is 859. The molecule has 194 valence electrons. The van der Waals surface area contributed by atoms with Crippen molar-refractivity contribution in [1.82, 2.24) is 0 Å². The fourth-order valence-electron chi connectivity index (χ4n) is 5.71. The van der Waals surface area contributed by atoms with Crippen molar-refractivity contribution in [2.24, 2.45) is 17.3 Å². The van der Waals surface area contributed by atoms with Crippen molar-refractivity contribution in [2.75, 3.05) is 4.90 Å². The van der Waals surface area contributed by atoms with Crippen LogP contribution in [0.25, 0.3) is 0 Å². The van der Waals surface area contributed by atoms with Crippen molar-refractivity contribution in [2.45, 2.75) is 118 Å². The number of rotatable bonds is 15. The SMILES string of the molecule is BC(=O)C(C)(C)CC(C)(C)c1ccc(N2C(=O)CC(C(CCCC)CCCCCCC)C2=O)cc1. The minimum atomic E-state index is -0.402. The van der Waals surface area contributed by atoms with E-state index in [4.69, 9.17) is 0 Å². The summed E-state index contributed by atoms with van der Waals surface area (Å²) in [4.78, 5) is 40.0. The van der Waals surface area contributed by atoms with Crippen LogP contribution in [0.3, 0.4) is 0 Å². The molecule has 2 rings (SSSR count). The van der Waals surface area contributed by atoms with E-state index in [1.807, 2.05) is 38.1 Å². The quantitative estimate of drug-likeness (QED) is 0.161. The van der Waals surface area contributed by atoms with E-state index < -0.39 is 5.41 Å². The van der Waals surface area contributed by atoms with Crippen LogP contribution in [0.1, 0.15) is 118 Å². The summed E-state index contributed by atoms with van der Waals surface area (Å²) in [6, 6.07) is 7.84. The molecule has 0 spiro atoms. The van der Waals surface area contributed by atoms with Gasteiger partial charge >= 0.3 is 0 Å². The van der Waals surface area contributed by atoms with Crippen molar-refractivity contribution in [3.05, 3.63) is 29.8 Å². The second-order valence-corrected chi connectivity index (χ2v) is 12.0. The van der Waals surface area contributed by atoms with Crippen LogP contribution in [0, 0.1) is 17.3 Å². The molecule has 1 heterocycles. The van der Waals surface area contributed by atoms with Gasteiger partial charge in [-0.3, -0.25) is 14.5 Å². The lowest BCUT2D eigenvalue weighted by atomic mass is 9.66. The first-order valence-electron chi connectivity index (χ1n) is 13.9. The topological polar surface area (TPSA) is 54.5 Å². The third-order valence-electron chi connectivity index (χ3n) is 8.10. The molecular weight excluding hydrogens is 433 g/mol. The zero-order valence-corrected chi connectivity index (χ0v) is 23.4. The maximum Gasteiger partial charge on any atom is 0.237 e. The molecule has 0 N–H and O–H groups in total. The molecule has 2 atom stereocenters. The van der Waals surface area contributed by atoms with Crippen LogP contribution >= 0.6 is 0 Å². The Morgan fingerprint density at radius 3 is 2.09 bits per heavy atom. The van der Waals surface area contributed by atoms with Gasteiger partial charge in [-0.25, -0.2) is 0 Å². The van der Waals surface area contributed by atoms with Crippen LogP contribution in [-0.2, 0) is 19.8 Å². The Kier molecular flexibility index (Phi) is 10.8. The van der Waals surface area contributed by atoms with E-state index in [1.165, 1.54) is 30.6 Å². The molecule has 1 aliphatic rings. The second kappa shape index (κ2) is 12.9. The van der Waals surface area contributed by atoms with E-state index in [-0.39, 0.29) is 28.8 Å². The molecular formula is C30H48BNO3. The van der Waals surface area contributed by atoms with Crippen LogP contribution in [0.15, 0.2) is 24.3 Å². The molecule has 1 aliphatic heterocycles. The van der Waals surface area contributed by atoms with Gasteiger partial charge in [-0.1, -0.05) is 98.6 Å². The molecule has 1 aromatic rings. The van der Waals surface area contributed by atoms with E-state index in [1.54, 1.807) is 7.85 Å². The number of hydrogen-bond acceptors (Lipinski definition) is 3. The molecule has 1 fully saturated rings. The first-order chi connectivity index (χ1) is 16.4. The molecule has 5 heteroatoms. The molecule has 0 aliphatic carbocycles. The van der Waals surface area contributed by atoms with Gasteiger partial charge in [0.15, 0.2) is 7.85 Å². The normalized spacial score (nSPS) is 17.8. The number of nitrogens with zero attached hydrogens (tertiary/aromatic N) is 1. The van der Waals surface area contributed by atoms with Crippen LogP contribution in [0.5, 0.6) is 0 Å². The van der Waals surface area contributed by atoms with E-state index >= 15 is 0 Å². The maximum atomic E-state index is 13.5. The number of anilines is 1. The highest BCUT2D eigenvalue weighted by molar-refractivity contribution is 6.58. The van der Waals surface area contributed by atoms with Gasteiger partial charge in [-0.2, -0.15) is 0 Å². The predicted octanol–water partition coefficient (Wildman–Crippen LogP) is 6.59. The number of carbonyl (C=O) groups excluding carboxylic acids is 3. The van der Waals surface area contributed by atoms with Gasteiger partial charge in [0.05, 0.1) is 17.3 Å². The van der Waals surface area contributed by atoms with Crippen LogP contribution < -0.4 is 4.90 Å². The lowest BCUT2D eigenvalue weighted by Crippen LogP contribution is -2.33. The largest absolute Gasteiger partial charge is 0.311 e. The average molecular weight is 482 g/mol. The molecule has 2 unspecified atom stereocenters. The summed E-state index contributed by atoms with van der Waals surface area (Å²) in [5, 5.41) is 0. The summed E-state index contributed by atoms with van der Waals surface area (Å²) in [5.41, 5.74) is 1.37. The molecule has 0 radical (unpaired) electrons. The smallest absolute Gasteiger partial charge is 0.237 e. The van der Waals surface area contributed by atoms with Gasteiger partial charge in [-0.15, -0.1) is 0 Å². The third-order valence-corrected chi connectivity index (χ3v) is 8.10. The molecule has 0 saturated carbocycles. The molecule has 2 amide bonds. The summed E-state index contributed by atoms with van der Waals surface area (Å²) >= 11 is 0. The molecule has 35 heavy (non-hydrogen) atoms. The molecule has 1 aromatic carbocycles. The first-order valence-corrected chi connectivity index (χ1v) is 13.9. The summed E-state index contributed by atoms with van der Waals surface area (Å²) in [6.07, 6.45) is 11.5. The lowest BCUT2D eigenvalue weighted by molar-refractivity contribution is -0.123. The van der Waals surface area contributed by atoms with Crippen molar-refractivity contribution in [1.29, 1.82) is 0 Å².